The molecule has 2 amide bonds. The van der Waals surface area contributed by atoms with E-state index in [-0.39, 0.29) is 24.2 Å². The average molecular weight is 439 g/mol. The van der Waals surface area contributed by atoms with Crippen molar-refractivity contribution < 1.29 is 24.6 Å². The quantitative estimate of drug-likeness (QED) is 0.669. The molecule has 3 N–H and O–H groups in total. The van der Waals surface area contributed by atoms with Gasteiger partial charge in [-0.2, -0.15) is 0 Å². The molecule has 0 radical (unpaired) electrons. The van der Waals surface area contributed by atoms with Crippen LogP contribution in [0, 0.1) is 6.92 Å². The molecular weight excluding hydrogens is 414 g/mol. The van der Waals surface area contributed by atoms with Gasteiger partial charge in [-0.05, 0) is 31.4 Å². The van der Waals surface area contributed by atoms with Crippen molar-refractivity contribution in [3.05, 3.63) is 57.5 Å². The Morgan fingerprint density at radius 2 is 1.78 bits per heavy atom. The lowest BCUT2D eigenvalue weighted by atomic mass is 9.95. The zero-order chi connectivity index (χ0) is 23.0. The number of aromatic carboxylic acids is 1. The Balaban J connectivity index is 1.81. The molecule has 9 nitrogen and oxygen atoms in total. The zero-order valence-electron chi connectivity index (χ0n) is 17.7. The van der Waals surface area contributed by atoms with Crippen molar-refractivity contribution in [2.75, 3.05) is 4.90 Å². The third-order valence-electron chi connectivity index (χ3n) is 6.22. The molecule has 2 heterocycles. The number of pyridine rings is 1. The third kappa shape index (κ3) is 3.74. The summed E-state index contributed by atoms with van der Waals surface area (Å²) in [5.74, 6) is -3.53. The Hall–Kier alpha value is -3.62. The molecular formula is C23H25N3O6. The van der Waals surface area contributed by atoms with Crippen LogP contribution >= 0.6 is 0 Å². The number of benzene rings is 1. The zero-order valence-corrected chi connectivity index (χ0v) is 17.7. The number of para-hydroxylation sites is 1. The number of hydrogen-bond donors (Lipinski definition) is 3. The molecule has 1 aromatic carbocycles. The number of carbonyl (C=O) groups excluding carboxylic acids is 2. The first-order valence-corrected chi connectivity index (χ1v) is 10.7. The number of carbonyl (C=O) groups is 3. The first-order valence-electron chi connectivity index (χ1n) is 10.7. The van der Waals surface area contributed by atoms with Gasteiger partial charge in [-0.1, -0.05) is 37.5 Å². The molecule has 0 spiro atoms. The van der Waals surface area contributed by atoms with Gasteiger partial charge >= 0.3 is 5.97 Å². The maximum atomic E-state index is 13.5. The molecule has 0 saturated heterocycles. The number of aromatic nitrogens is 1. The first kappa shape index (κ1) is 21.6. The third-order valence-corrected chi connectivity index (χ3v) is 6.22. The van der Waals surface area contributed by atoms with Crippen molar-refractivity contribution in [2.24, 2.45) is 0 Å². The monoisotopic (exact) mass is 439 g/mol. The Kier molecular flexibility index (Phi) is 5.73. The van der Waals surface area contributed by atoms with E-state index in [2.05, 4.69) is 5.32 Å². The minimum atomic E-state index is -1.52. The van der Waals surface area contributed by atoms with Gasteiger partial charge in [-0.15, -0.1) is 0 Å². The molecule has 32 heavy (non-hydrogen) atoms. The number of hydrogen-bond acceptors (Lipinski definition) is 5. The minimum absolute atomic E-state index is 0.0171. The van der Waals surface area contributed by atoms with Crippen LogP contribution in [-0.2, 0) is 11.3 Å². The van der Waals surface area contributed by atoms with Crippen molar-refractivity contribution in [3.63, 3.8) is 0 Å². The second kappa shape index (κ2) is 8.49. The lowest BCUT2D eigenvalue weighted by molar-refractivity contribution is -0.123. The molecule has 1 unspecified atom stereocenters. The van der Waals surface area contributed by atoms with Gasteiger partial charge in [0.2, 0.25) is 11.3 Å². The topological polar surface area (TPSA) is 129 Å². The van der Waals surface area contributed by atoms with Crippen LogP contribution in [-0.4, -0.2) is 44.6 Å². The van der Waals surface area contributed by atoms with Gasteiger partial charge in [0.15, 0.2) is 11.4 Å². The van der Waals surface area contributed by atoms with Crippen LogP contribution in [0.25, 0.3) is 0 Å². The summed E-state index contributed by atoms with van der Waals surface area (Å²) in [6.45, 7) is 1.70. The number of carboxylic acid groups (broad SMARTS) is 1. The molecule has 1 aliphatic heterocycles. The maximum absolute atomic E-state index is 13.5. The van der Waals surface area contributed by atoms with Gasteiger partial charge in [-0.3, -0.25) is 19.3 Å². The van der Waals surface area contributed by atoms with Crippen molar-refractivity contribution >= 4 is 23.5 Å². The molecule has 1 aliphatic carbocycles. The number of amides is 2. The van der Waals surface area contributed by atoms with Crippen molar-refractivity contribution in [1.29, 1.82) is 0 Å². The number of nitrogens with zero attached hydrogens (tertiary/aromatic N) is 2. The number of aryl methyl sites for hydroxylation is 1. The van der Waals surface area contributed by atoms with Gasteiger partial charge in [0, 0.05) is 17.9 Å². The van der Waals surface area contributed by atoms with Crippen molar-refractivity contribution in [2.45, 2.75) is 57.7 Å². The van der Waals surface area contributed by atoms with E-state index in [1.807, 2.05) is 0 Å². The molecule has 1 saturated carbocycles. The van der Waals surface area contributed by atoms with E-state index >= 15 is 0 Å². The molecule has 1 fully saturated rings. The lowest BCUT2D eigenvalue weighted by Crippen LogP contribution is -2.57. The molecule has 2 aromatic rings. The molecule has 4 rings (SSSR count). The normalized spacial score (nSPS) is 18.8. The molecule has 0 bridgehead atoms. The van der Waals surface area contributed by atoms with Gasteiger partial charge in [0.05, 0.1) is 6.54 Å². The Labute approximate surface area is 184 Å². The highest BCUT2D eigenvalue weighted by atomic mass is 16.4. The number of aromatic hydroxyl groups is 1. The number of anilines is 1. The summed E-state index contributed by atoms with van der Waals surface area (Å²) in [6.07, 6.45) is 5.93. The Morgan fingerprint density at radius 1 is 1.09 bits per heavy atom. The van der Waals surface area contributed by atoms with Crippen LogP contribution in [0.5, 0.6) is 5.75 Å². The van der Waals surface area contributed by atoms with E-state index in [9.17, 15) is 29.4 Å². The Morgan fingerprint density at radius 3 is 2.44 bits per heavy atom. The van der Waals surface area contributed by atoms with Gasteiger partial charge < -0.3 is 20.1 Å². The van der Waals surface area contributed by atoms with E-state index in [0.717, 1.165) is 43.9 Å². The molecule has 168 valence electrons. The van der Waals surface area contributed by atoms with Gasteiger partial charge in [0.1, 0.15) is 11.6 Å². The Bertz CT molecular complexity index is 1150. The minimum Gasteiger partial charge on any atom is -0.503 e. The standard InChI is InChI=1S/C23H25N3O6/c1-13-7-5-6-10-16(13)26-17(21(29)24-14-8-3-2-4-9-14)12-25-11-15(23(31)32)19(27)20(28)18(25)22(26)30/h5-7,10-11,14,17,28H,2-4,8-9,12H2,1H3,(H,24,29)(H,31,32). The number of rotatable bonds is 4. The van der Waals surface area contributed by atoms with E-state index in [4.69, 9.17) is 0 Å². The van der Waals surface area contributed by atoms with E-state index in [0.29, 0.717) is 5.69 Å². The highest BCUT2D eigenvalue weighted by Crippen LogP contribution is 2.31. The van der Waals surface area contributed by atoms with Crippen LogP contribution < -0.4 is 15.6 Å². The summed E-state index contributed by atoms with van der Waals surface area (Å²) < 4.78 is 1.20. The largest absolute Gasteiger partial charge is 0.503 e. The summed E-state index contributed by atoms with van der Waals surface area (Å²) >= 11 is 0. The summed E-state index contributed by atoms with van der Waals surface area (Å²) in [5, 5.41) is 22.8. The van der Waals surface area contributed by atoms with Crippen LogP contribution in [0.1, 0.15) is 58.5 Å². The average Bonchev–Trinajstić information content (AvgIpc) is 2.77. The predicted octanol–water partition coefficient (Wildman–Crippen LogP) is 2.04. The van der Waals surface area contributed by atoms with Crippen molar-refractivity contribution in [1.82, 2.24) is 9.88 Å². The van der Waals surface area contributed by atoms with E-state index in [1.165, 1.54) is 9.47 Å². The summed E-state index contributed by atoms with van der Waals surface area (Å²) in [7, 11) is 0. The van der Waals surface area contributed by atoms with Crippen LogP contribution in [0.2, 0.25) is 0 Å². The summed E-state index contributed by atoms with van der Waals surface area (Å²) in [6, 6.07) is 6.09. The van der Waals surface area contributed by atoms with Gasteiger partial charge in [0.25, 0.3) is 5.91 Å². The molecule has 1 atom stereocenters. The molecule has 2 aliphatic rings. The smallest absolute Gasteiger partial charge is 0.341 e. The second-order valence-electron chi connectivity index (χ2n) is 8.35. The maximum Gasteiger partial charge on any atom is 0.341 e. The summed E-state index contributed by atoms with van der Waals surface area (Å²) in [5.41, 5.74) is -0.887. The number of nitrogens with one attached hydrogen (secondary N) is 1. The van der Waals surface area contributed by atoms with E-state index < -0.39 is 34.7 Å². The SMILES string of the molecule is Cc1ccccc1N1C(=O)c2c(O)c(=O)c(C(=O)O)cn2CC1C(=O)NC1CCCCC1. The summed E-state index contributed by atoms with van der Waals surface area (Å²) in [4.78, 5) is 51.9. The highest BCUT2D eigenvalue weighted by molar-refractivity contribution is 6.12. The van der Waals surface area contributed by atoms with Crippen LogP contribution in [0.4, 0.5) is 5.69 Å². The van der Waals surface area contributed by atoms with E-state index in [1.54, 1.807) is 31.2 Å². The highest BCUT2D eigenvalue weighted by Gasteiger charge is 2.41. The number of carboxylic acids is 1. The van der Waals surface area contributed by atoms with Crippen LogP contribution in [0.3, 0.4) is 0 Å². The van der Waals surface area contributed by atoms with Crippen molar-refractivity contribution in [3.8, 4) is 5.75 Å². The molecule has 1 aromatic heterocycles. The predicted molar refractivity (Wildman–Crippen MR) is 116 cm³/mol. The lowest BCUT2D eigenvalue weighted by Gasteiger charge is -2.38. The number of fused-ring (bicyclic) bond motifs is 1. The first-order chi connectivity index (χ1) is 15.3. The van der Waals surface area contributed by atoms with Crippen LogP contribution in [0.15, 0.2) is 35.3 Å². The van der Waals surface area contributed by atoms with Gasteiger partial charge in [-0.25, -0.2) is 4.79 Å². The molecule has 9 heteroatoms. The fraction of sp³-hybridized carbons (Fsp3) is 0.391. The second-order valence-corrected chi connectivity index (χ2v) is 8.35. The fourth-order valence-electron chi connectivity index (χ4n) is 4.55. The fourth-order valence-corrected chi connectivity index (χ4v) is 4.55.